The lowest BCUT2D eigenvalue weighted by Gasteiger charge is -2.19. The van der Waals surface area contributed by atoms with Gasteiger partial charge in [0.15, 0.2) is 0 Å². The number of aliphatic carboxylic acids is 1. The van der Waals surface area contributed by atoms with E-state index in [0.29, 0.717) is 12.8 Å². The summed E-state index contributed by atoms with van der Waals surface area (Å²) >= 11 is 0. The van der Waals surface area contributed by atoms with Crippen molar-refractivity contribution in [3.05, 3.63) is 0 Å². The minimum atomic E-state index is -0.961. The maximum atomic E-state index is 11.2. The molecule has 0 amide bonds. The largest absolute Gasteiger partial charge is 0.481 e. The van der Waals surface area contributed by atoms with E-state index in [1.807, 2.05) is 13.8 Å². The van der Waals surface area contributed by atoms with Crippen molar-refractivity contribution in [1.82, 2.24) is 0 Å². The van der Waals surface area contributed by atoms with Gasteiger partial charge in [-0.2, -0.15) is 0 Å². The van der Waals surface area contributed by atoms with Crippen LogP contribution in [0.5, 0.6) is 0 Å². The maximum Gasteiger partial charge on any atom is 0.314 e. The third-order valence-electron chi connectivity index (χ3n) is 2.84. The molecular formula is C9H14O3. The number of hydrogen-bond donors (Lipinski definition) is 1. The molecule has 1 N–H and O–H groups in total. The van der Waals surface area contributed by atoms with Gasteiger partial charge in [-0.25, -0.2) is 0 Å². The summed E-state index contributed by atoms with van der Waals surface area (Å²) in [5.41, 5.74) is -0.0693. The summed E-state index contributed by atoms with van der Waals surface area (Å²) in [5, 5.41) is 8.69. The Morgan fingerprint density at radius 1 is 1.75 bits per heavy atom. The second-order valence-corrected chi connectivity index (χ2v) is 3.90. The fraction of sp³-hybridized carbons (Fsp3) is 0.778. The molecule has 0 bridgehead atoms. The molecule has 1 saturated carbocycles. The highest BCUT2D eigenvalue weighted by Gasteiger charge is 2.43. The highest BCUT2D eigenvalue weighted by atomic mass is 16.4. The van der Waals surface area contributed by atoms with Crippen molar-refractivity contribution in [2.75, 3.05) is 0 Å². The lowest BCUT2D eigenvalue weighted by Crippen LogP contribution is -2.17. The number of carboxylic acid groups (broad SMARTS) is 1. The van der Waals surface area contributed by atoms with Gasteiger partial charge in [0.1, 0.15) is 11.7 Å². The molecule has 1 aliphatic rings. The van der Waals surface area contributed by atoms with E-state index in [0.717, 1.165) is 6.42 Å². The molecule has 3 nitrogen and oxygen atoms in total. The van der Waals surface area contributed by atoms with Crippen LogP contribution in [0, 0.1) is 11.3 Å². The van der Waals surface area contributed by atoms with Gasteiger partial charge in [-0.3, -0.25) is 9.59 Å². The fourth-order valence-electron chi connectivity index (χ4n) is 1.72. The quantitative estimate of drug-likeness (QED) is 0.638. The molecule has 0 aliphatic heterocycles. The third kappa shape index (κ3) is 1.49. The minimum Gasteiger partial charge on any atom is -0.481 e. The number of ketones is 1. The summed E-state index contributed by atoms with van der Waals surface area (Å²) in [6.45, 7) is 3.98. The van der Waals surface area contributed by atoms with Crippen LogP contribution in [0.3, 0.4) is 0 Å². The van der Waals surface area contributed by atoms with E-state index in [-0.39, 0.29) is 11.2 Å². The standard InChI is InChI=1S/C9H14O3/c1-3-9(2)4-6(8(11)12)7(10)5-9/h6H,3-5H2,1-2H3,(H,11,12). The number of carbonyl (C=O) groups is 2. The Morgan fingerprint density at radius 3 is 2.58 bits per heavy atom. The van der Waals surface area contributed by atoms with Crippen LogP contribution in [0.25, 0.3) is 0 Å². The second-order valence-electron chi connectivity index (χ2n) is 3.90. The van der Waals surface area contributed by atoms with Gasteiger partial charge in [-0.15, -0.1) is 0 Å². The Kier molecular flexibility index (Phi) is 2.22. The highest BCUT2D eigenvalue weighted by Crippen LogP contribution is 2.41. The fourth-order valence-corrected chi connectivity index (χ4v) is 1.72. The molecular weight excluding hydrogens is 156 g/mol. The number of hydrogen-bond acceptors (Lipinski definition) is 2. The van der Waals surface area contributed by atoms with Gasteiger partial charge in [0.05, 0.1) is 0 Å². The van der Waals surface area contributed by atoms with Crippen LogP contribution in [0.2, 0.25) is 0 Å². The van der Waals surface area contributed by atoms with Crippen LogP contribution in [-0.4, -0.2) is 16.9 Å². The number of rotatable bonds is 2. The first-order chi connectivity index (χ1) is 5.48. The molecule has 0 heterocycles. The number of Topliss-reactive ketones (excluding diaryl/α,β-unsaturated/α-hetero) is 1. The van der Waals surface area contributed by atoms with Gasteiger partial charge in [0.25, 0.3) is 0 Å². The molecule has 68 valence electrons. The number of carbonyl (C=O) groups excluding carboxylic acids is 1. The molecule has 2 unspecified atom stereocenters. The van der Waals surface area contributed by atoms with Crippen LogP contribution in [0.4, 0.5) is 0 Å². The summed E-state index contributed by atoms with van der Waals surface area (Å²) in [7, 11) is 0. The summed E-state index contributed by atoms with van der Waals surface area (Å²) in [6.07, 6.45) is 1.82. The van der Waals surface area contributed by atoms with Crippen molar-refractivity contribution in [3.63, 3.8) is 0 Å². The van der Waals surface area contributed by atoms with Crippen molar-refractivity contribution in [3.8, 4) is 0 Å². The van der Waals surface area contributed by atoms with Crippen molar-refractivity contribution < 1.29 is 14.7 Å². The van der Waals surface area contributed by atoms with Crippen LogP contribution in [0.1, 0.15) is 33.1 Å². The highest BCUT2D eigenvalue weighted by molar-refractivity contribution is 6.00. The van der Waals surface area contributed by atoms with Gasteiger partial charge < -0.3 is 5.11 Å². The van der Waals surface area contributed by atoms with Crippen molar-refractivity contribution in [1.29, 1.82) is 0 Å². The molecule has 0 aromatic heterocycles. The summed E-state index contributed by atoms with van der Waals surface area (Å²) < 4.78 is 0. The van der Waals surface area contributed by atoms with Crippen LogP contribution in [-0.2, 0) is 9.59 Å². The van der Waals surface area contributed by atoms with Crippen LogP contribution in [0.15, 0.2) is 0 Å². The molecule has 2 atom stereocenters. The average molecular weight is 170 g/mol. The van der Waals surface area contributed by atoms with Crippen LogP contribution >= 0.6 is 0 Å². The third-order valence-corrected chi connectivity index (χ3v) is 2.84. The zero-order chi connectivity index (χ0) is 9.35. The van der Waals surface area contributed by atoms with E-state index >= 15 is 0 Å². The van der Waals surface area contributed by atoms with Crippen molar-refractivity contribution in [2.24, 2.45) is 11.3 Å². The Bertz CT molecular complexity index is 222. The van der Waals surface area contributed by atoms with E-state index in [1.54, 1.807) is 0 Å². The van der Waals surface area contributed by atoms with E-state index in [4.69, 9.17) is 5.11 Å². The van der Waals surface area contributed by atoms with E-state index < -0.39 is 11.9 Å². The normalized spacial score (nSPS) is 35.5. The molecule has 1 aliphatic carbocycles. The summed E-state index contributed by atoms with van der Waals surface area (Å²) in [4.78, 5) is 21.8. The summed E-state index contributed by atoms with van der Waals surface area (Å²) in [5.74, 6) is -1.81. The second kappa shape index (κ2) is 2.88. The van der Waals surface area contributed by atoms with Gasteiger partial charge in [0.2, 0.25) is 0 Å². The van der Waals surface area contributed by atoms with Crippen LogP contribution < -0.4 is 0 Å². The monoisotopic (exact) mass is 170 g/mol. The van der Waals surface area contributed by atoms with E-state index in [1.165, 1.54) is 0 Å². The molecule has 12 heavy (non-hydrogen) atoms. The number of carboxylic acids is 1. The topological polar surface area (TPSA) is 54.4 Å². The Labute approximate surface area is 71.8 Å². The Hall–Kier alpha value is -0.860. The van der Waals surface area contributed by atoms with Gasteiger partial charge in [0, 0.05) is 6.42 Å². The first-order valence-electron chi connectivity index (χ1n) is 4.24. The first kappa shape index (κ1) is 9.23. The summed E-state index contributed by atoms with van der Waals surface area (Å²) in [6, 6.07) is 0. The molecule has 0 aromatic carbocycles. The maximum absolute atomic E-state index is 11.2. The predicted molar refractivity (Wildman–Crippen MR) is 43.8 cm³/mol. The molecule has 0 radical (unpaired) electrons. The van der Waals surface area contributed by atoms with E-state index in [9.17, 15) is 9.59 Å². The smallest absolute Gasteiger partial charge is 0.314 e. The molecule has 0 aromatic rings. The van der Waals surface area contributed by atoms with Gasteiger partial charge in [-0.05, 0) is 11.8 Å². The molecule has 1 fully saturated rings. The van der Waals surface area contributed by atoms with Gasteiger partial charge in [-0.1, -0.05) is 20.3 Å². The van der Waals surface area contributed by atoms with Crippen molar-refractivity contribution >= 4 is 11.8 Å². The first-order valence-corrected chi connectivity index (χ1v) is 4.24. The van der Waals surface area contributed by atoms with E-state index in [2.05, 4.69) is 0 Å². The Morgan fingerprint density at radius 2 is 2.33 bits per heavy atom. The van der Waals surface area contributed by atoms with Gasteiger partial charge >= 0.3 is 5.97 Å². The molecule has 0 saturated heterocycles. The molecule has 1 rings (SSSR count). The average Bonchev–Trinajstić information content (AvgIpc) is 2.28. The lowest BCUT2D eigenvalue weighted by molar-refractivity contribution is -0.145. The minimum absolute atomic E-state index is 0.0693. The molecule has 0 spiro atoms. The zero-order valence-corrected chi connectivity index (χ0v) is 7.46. The lowest BCUT2D eigenvalue weighted by atomic mass is 9.85. The molecule has 3 heteroatoms. The zero-order valence-electron chi connectivity index (χ0n) is 7.46. The SMILES string of the molecule is CCC1(C)CC(=O)C(C(=O)O)C1. The Balaban J connectivity index is 2.75. The predicted octanol–water partition coefficient (Wildman–Crippen LogP) is 1.47. The van der Waals surface area contributed by atoms with Crippen molar-refractivity contribution in [2.45, 2.75) is 33.1 Å².